The lowest BCUT2D eigenvalue weighted by molar-refractivity contribution is 0.669. The van der Waals surface area contributed by atoms with Gasteiger partial charge in [0.25, 0.3) is 0 Å². The molecule has 0 radical (unpaired) electrons. The molecule has 0 spiro atoms. The third kappa shape index (κ3) is 4.94. The molecule has 9 aromatic carbocycles. The van der Waals surface area contributed by atoms with Gasteiger partial charge in [0.1, 0.15) is 11.2 Å². The van der Waals surface area contributed by atoms with Crippen molar-refractivity contribution in [1.82, 2.24) is 0 Å². The second kappa shape index (κ2) is 12.0. The Balaban J connectivity index is 1.21. The van der Waals surface area contributed by atoms with Crippen LogP contribution in [0.4, 0.5) is 0 Å². The predicted molar refractivity (Wildman–Crippen MR) is 216 cm³/mol. The van der Waals surface area contributed by atoms with Gasteiger partial charge < -0.3 is 4.42 Å². The van der Waals surface area contributed by atoms with E-state index in [1.54, 1.807) is 0 Å². The average molecular weight is 662 g/mol. The van der Waals surface area contributed by atoms with Crippen LogP contribution in [0.3, 0.4) is 0 Å². The maximum absolute atomic E-state index is 9.51. The van der Waals surface area contributed by atoms with Crippen molar-refractivity contribution in [3.05, 3.63) is 194 Å². The summed E-state index contributed by atoms with van der Waals surface area (Å²) < 4.78 is 121. The van der Waals surface area contributed by atoms with Crippen LogP contribution in [0.25, 0.3) is 99.1 Å². The smallest absolute Gasteiger partial charge is 0.136 e. The molecule has 0 bridgehead atoms. The number of benzene rings is 9. The lowest BCUT2D eigenvalue weighted by Gasteiger charge is -2.18. The molecule has 1 nitrogen and oxygen atoms in total. The molecule has 1 heterocycles. The number of rotatable bonds is 5. The van der Waals surface area contributed by atoms with Gasteiger partial charge in [-0.05, 0) is 95.4 Å². The fourth-order valence-corrected chi connectivity index (χ4v) is 7.03. The zero-order valence-corrected chi connectivity index (χ0v) is 26.9. The Hall–Kier alpha value is -6.70. The van der Waals surface area contributed by atoms with Gasteiger partial charge >= 0.3 is 0 Å². The minimum atomic E-state index is -0.764. The topological polar surface area (TPSA) is 13.1 Å². The lowest BCUT2D eigenvalue weighted by Crippen LogP contribution is -1.91. The van der Waals surface area contributed by atoms with E-state index in [0.29, 0.717) is 21.9 Å². The predicted octanol–water partition coefficient (Wildman–Crippen LogP) is 14.2. The van der Waals surface area contributed by atoms with Crippen molar-refractivity contribution < 1.29 is 22.2 Å². The largest absolute Gasteiger partial charge is 0.456 e. The van der Waals surface area contributed by atoms with E-state index in [4.69, 9.17) is 16.8 Å². The first-order valence-corrected chi connectivity index (χ1v) is 16.5. The summed E-state index contributed by atoms with van der Waals surface area (Å²) in [5.41, 5.74) is 3.63. The molecular formula is C50H32O. The fourth-order valence-electron chi connectivity index (χ4n) is 7.03. The zero-order valence-electron chi connectivity index (χ0n) is 39.9. The molecular weight excluding hydrogens is 617 g/mol. The van der Waals surface area contributed by atoms with Crippen molar-refractivity contribution in [1.29, 1.82) is 0 Å². The molecule has 10 rings (SSSR count). The van der Waals surface area contributed by atoms with Crippen molar-refractivity contribution in [3.63, 3.8) is 0 Å². The Kier molecular flexibility index (Phi) is 4.45. The molecule has 0 aliphatic heterocycles. The molecule has 0 aliphatic rings. The van der Waals surface area contributed by atoms with E-state index in [1.165, 1.54) is 0 Å². The van der Waals surface area contributed by atoms with Gasteiger partial charge in [-0.1, -0.05) is 176 Å². The van der Waals surface area contributed by atoms with E-state index in [9.17, 15) is 5.48 Å². The highest BCUT2D eigenvalue weighted by molar-refractivity contribution is 6.25. The van der Waals surface area contributed by atoms with Gasteiger partial charge in [0.15, 0.2) is 0 Å². The number of hydrogen-bond donors (Lipinski definition) is 0. The first-order valence-electron chi connectivity index (χ1n) is 23.0. The van der Waals surface area contributed by atoms with Crippen LogP contribution in [0, 0.1) is 0 Å². The normalized spacial score (nSPS) is 15.1. The van der Waals surface area contributed by atoms with Gasteiger partial charge in [0, 0.05) is 10.8 Å². The zero-order chi connectivity index (χ0) is 45.0. The van der Waals surface area contributed by atoms with Gasteiger partial charge in [0.05, 0.1) is 17.8 Å². The van der Waals surface area contributed by atoms with E-state index < -0.39 is 101 Å². The number of hydrogen-bond acceptors (Lipinski definition) is 1. The van der Waals surface area contributed by atoms with Crippen molar-refractivity contribution >= 4 is 43.5 Å². The van der Waals surface area contributed by atoms with E-state index in [1.807, 2.05) is 103 Å². The highest BCUT2D eigenvalue weighted by Crippen LogP contribution is 2.47. The summed E-state index contributed by atoms with van der Waals surface area (Å²) >= 11 is 0. The summed E-state index contributed by atoms with van der Waals surface area (Å²) in [6.07, 6.45) is 0. The lowest BCUT2D eigenvalue weighted by atomic mass is 9.84. The minimum absolute atomic E-state index is 0.0240. The molecule has 0 saturated heterocycles. The maximum atomic E-state index is 9.51. The summed E-state index contributed by atoms with van der Waals surface area (Å²) in [5.74, 6) is 0. The van der Waals surface area contributed by atoms with Crippen LogP contribution in [0.5, 0.6) is 0 Å². The highest BCUT2D eigenvalue weighted by atomic mass is 16.3. The van der Waals surface area contributed by atoms with Gasteiger partial charge in [-0.2, -0.15) is 0 Å². The summed E-state index contributed by atoms with van der Waals surface area (Å²) in [6.45, 7) is 0. The van der Waals surface area contributed by atoms with Crippen LogP contribution in [-0.2, 0) is 0 Å². The number of fused-ring (bicyclic) bond motifs is 5. The first-order chi connectivity index (χ1) is 30.7. The van der Waals surface area contributed by atoms with Gasteiger partial charge in [0.2, 0.25) is 0 Å². The standard InChI is InChI=1S/C50H32O/c1-3-12-33(13-4-1)35-22-24-36(25-23-35)37-26-28-38(29-27-37)48-40-16-7-9-18-42(40)49(43-19-10-8-17-41(43)48)45-20-11-21-46-50(45)44-31-30-39(32-47(44)51-46)34-14-5-2-6-15-34/h1-32H/i1D,3D,4D,12D,13D,22D,23D,24D,25D,26D,27D,28D,29D. The van der Waals surface area contributed by atoms with Crippen LogP contribution in [0.15, 0.2) is 198 Å². The molecule has 1 aromatic heterocycles. The Morgan fingerprint density at radius 3 is 1.47 bits per heavy atom. The summed E-state index contributed by atoms with van der Waals surface area (Å²) in [7, 11) is 0. The molecule has 0 fully saturated rings. The summed E-state index contributed by atoms with van der Waals surface area (Å²) in [5, 5.41) is 4.69. The molecule has 0 amide bonds. The van der Waals surface area contributed by atoms with E-state index in [2.05, 4.69) is 12.1 Å². The van der Waals surface area contributed by atoms with Gasteiger partial charge in [-0.25, -0.2) is 0 Å². The fraction of sp³-hybridized carbons (Fsp3) is 0. The summed E-state index contributed by atoms with van der Waals surface area (Å²) in [4.78, 5) is 0. The molecule has 10 aromatic rings. The molecule has 238 valence electrons. The van der Waals surface area contributed by atoms with E-state index in [-0.39, 0.29) is 5.56 Å². The Bertz CT molecular complexity index is 3510. The van der Waals surface area contributed by atoms with Crippen LogP contribution in [0.2, 0.25) is 0 Å². The highest BCUT2D eigenvalue weighted by Gasteiger charge is 2.20. The van der Waals surface area contributed by atoms with E-state index >= 15 is 0 Å². The first kappa shape index (κ1) is 18.9. The van der Waals surface area contributed by atoms with E-state index in [0.717, 1.165) is 49.4 Å². The van der Waals surface area contributed by atoms with Crippen LogP contribution >= 0.6 is 0 Å². The molecule has 0 unspecified atom stereocenters. The third-order valence-electron chi connectivity index (χ3n) is 9.31. The van der Waals surface area contributed by atoms with Gasteiger partial charge in [-0.3, -0.25) is 0 Å². The van der Waals surface area contributed by atoms with Crippen molar-refractivity contribution in [2.45, 2.75) is 0 Å². The maximum Gasteiger partial charge on any atom is 0.136 e. The second-order valence-corrected chi connectivity index (χ2v) is 12.2. The Morgan fingerprint density at radius 1 is 0.333 bits per heavy atom. The minimum Gasteiger partial charge on any atom is -0.456 e. The van der Waals surface area contributed by atoms with Gasteiger partial charge in [-0.15, -0.1) is 0 Å². The molecule has 0 saturated carbocycles. The van der Waals surface area contributed by atoms with Crippen molar-refractivity contribution in [2.24, 2.45) is 0 Å². The van der Waals surface area contributed by atoms with Crippen LogP contribution < -0.4 is 0 Å². The molecule has 51 heavy (non-hydrogen) atoms. The molecule has 1 heteroatoms. The molecule has 0 aliphatic carbocycles. The second-order valence-electron chi connectivity index (χ2n) is 12.2. The quantitative estimate of drug-likeness (QED) is 0.167. The van der Waals surface area contributed by atoms with Crippen LogP contribution in [0.1, 0.15) is 17.8 Å². The summed E-state index contributed by atoms with van der Waals surface area (Å²) in [6, 6.07) is 28.6. The molecule has 0 N–H and O–H groups in total. The third-order valence-corrected chi connectivity index (χ3v) is 9.31. The van der Waals surface area contributed by atoms with Crippen molar-refractivity contribution in [2.75, 3.05) is 0 Å². The van der Waals surface area contributed by atoms with Crippen LogP contribution in [-0.4, -0.2) is 0 Å². The Labute approximate surface area is 315 Å². The molecule has 0 atom stereocenters. The number of furan rings is 1. The monoisotopic (exact) mass is 661 g/mol. The average Bonchev–Trinajstić information content (AvgIpc) is 3.69. The SMILES string of the molecule is [2H]c1c([2H])c([2H])c(-c2c([2H])c([2H])c(-c3c([2H])c([2H])c(-c4c5ccccc5c(-c5cccc6oc7cc(-c8ccccc8)ccc7c56)c5ccccc45)c([2H])c3[2H])c([2H])c2[2H])c([2H])c1[2H]. The van der Waals surface area contributed by atoms with Crippen molar-refractivity contribution in [3.8, 4) is 55.6 Å². The Morgan fingerprint density at radius 2 is 0.863 bits per heavy atom.